The Morgan fingerprint density at radius 1 is 1.04 bits per heavy atom. The number of carbonyl (C=O) groups is 2. The van der Waals surface area contributed by atoms with Crippen molar-refractivity contribution in [2.24, 2.45) is 0 Å². The number of aromatic carboxylic acids is 1. The third kappa shape index (κ3) is 4.95. The van der Waals surface area contributed by atoms with Crippen molar-refractivity contribution in [1.29, 1.82) is 0 Å². The second-order valence-electron chi connectivity index (χ2n) is 7.05. The van der Waals surface area contributed by atoms with Crippen molar-refractivity contribution < 1.29 is 27.9 Å². The van der Waals surface area contributed by atoms with Gasteiger partial charge in [-0.2, -0.15) is 4.31 Å². The van der Waals surface area contributed by atoms with E-state index < -0.39 is 27.7 Å². The average Bonchev–Trinajstić information content (AvgIpc) is 2.80. The summed E-state index contributed by atoms with van der Waals surface area (Å²) in [4.78, 5) is 24.6. The van der Waals surface area contributed by atoms with Crippen LogP contribution in [0.2, 0.25) is 0 Å². The molecule has 1 saturated heterocycles. The van der Waals surface area contributed by atoms with Crippen molar-refractivity contribution in [2.75, 3.05) is 26.2 Å². The highest BCUT2D eigenvalue weighted by atomic mass is 32.2. The monoisotopic (exact) mass is 384 g/mol. The molecule has 0 atom stereocenters. The van der Waals surface area contributed by atoms with Crippen molar-refractivity contribution in [3.63, 3.8) is 0 Å². The first-order chi connectivity index (χ1) is 12.0. The Labute approximate surface area is 153 Å². The topological polar surface area (TPSA) is 104 Å². The number of carbonyl (C=O) groups excluding carboxylic acids is 1. The van der Waals surface area contributed by atoms with Crippen LogP contribution in [0.15, 0.2) is 29.2 Å². The molecule has 9 heteroatoms. The van der Waals surface area contributed by atoms with E-state index in [1.165, 1.54) is 33.5 Å². The van der Waals surface area contributed by atoms with E-state index >= 15 is 0 Å². The number of carboxylic acids is 1. The first-order valence-electron chi connectivity index (χ1n) is 8.32. The quantitative estimate of drug-likeness (QED) is 0.855. The fourth-order valence-electron chi connectivity index (χ4n) is 2.56. The van der Waals surface area contributed by atoms with Crippen LogP contribution in [0.1, 0.15) is 37.6 Å². The number of sulfonamides is 1. The van der Waals surface area contributed by atoms with Gasteiger partial charge in [0.15, 0.2) is 0 Å². The van der Waals surface area contributed by atoms with Gasteiger partial charge in [-0.1, -0.05) is 0 Å². The highest BCUT2D eigenvalue weighted by molar-refractivity contribution is 7.89. The summed E-state index contributed by atoms with van der Waals surface area (Å²) in [7, 11) is -3.75. The zero-order valence-electron chi connectivity index (χ0n) is 15.1. The molecule has 1 fully saturated rings. The van der Waals surface area contributed by atoms with Gasteiger partial charge in [-0.3, -0.25) is 0 Å². The zero-order chi connectivity index (χ0) is 19.5. The van der Waals surface area contributed by atoms with E-state index in [0.29, 0.717) is 13.0 Å². The van der Waals surface area contributed by atoms with E-state index in [-0.39, 0.29) is 30.1 Å². The van der Waals surface area contributed by atoms with Crippen LogP contribution >= 0.6 is 0 Å². The maximum atomic E-state index is 12.8. The Morgan fingerprint density at radius 2 is 1.65 bits per heavy atom. The zero-order valence-corrected chi connectivity index (χ0v) is 16.0. The maximum absolute atomic E-state index is 12.8. The van der Waals surface area contributed by atoms with E-state index in [0.717, 1.165) is 0 Å². The second-order valence-corrected chi connectivity index (χ2v) is 8.99. The summed E-state index contributed by atoms with van der Waals surface area (Å²) in [6.07, 6.45) is 0.0358. The standard InChI is InChI=1S/C17H24N2O6S/c1-17(2,3)25-16(22)18-9-4-10-19(12-11-18)26(23,24)14-7-5-13(6-8-14)15(20)21/h5-8H,4,9-12H2,1-3H3,(H,20,21). The molecule has 0 spiro atoms. The van der Waals surface area contributed by atoms with E-state index in [2.05, 4.69) is 0 Å². The molecule has 0 bridgehead atoms. The molecule has 1 N–H and O–H groups in total. The van der Waals surface area contributed by atoms with Crippen LogP contribution in [-0.4, -0.2) is 66.6 Å². The van der Waals surface area contributed by atoms with Crippen LogP contribution < -0.4 is 0 Å². The predicted molar refractivity (Wildman–Crippen MR) is 94.6 cm³/mol. The lowest BCUT2D eigenvalue weighted by Crippen LogP contribution is -2.40. The normalized spacial score (nSPS) is 16.8. The molecule has 26 heavy (non-hydrogen) atoms. The van der Waals surface area contributed by atoms with Gasteiger partial charge in [0.05, 0.1) is 10.5 Å². The molecule has 1 aromatic rings. The lowest BCUT2D eigenvalue weighted by atomic mass is 10.2. The van der Waals surface area contributed by atoms with Crippen molar-refractivity contribution >= 4 is 22.1 Å². The fourth-order valence-corrected chi connectivity index (χ4v) is 4.03. The minimum Gasteiger partial charge on any atom is -0.478 e. The summed E-state index contributed by atoms with van der Waals surface area (Å²) >= 11 is 0. The Bertz CT molecular complexity index is 767. The molecule has 0 saturated carbocycles. The van der Waals surface area contributed by atoms with Crippen LogP contribution in [0.4, 0.5) is 4.79 Å². The summed E-state index contributed by atoms with van der Waals surface area (Å²) in [6.45, 7) is 6.42. The summed E-state index contributed by atoms with van der Waals surface area (Å²) in [6, 6.07) is 5.10. The third-order valence-electron chi connectivity index (χ3n) is 3.85. The molecule has 144 valence electrons. The largest absolute Gasteiger partial charge is 0.478 e. The summed E-state index contributed by atoms with van der Waals surface area (Å²) in [5, 5.41) is 8.92. The molecule has 1 aromatic carbocycles. The van der Waals surface area contributed by atoms with Crippen LogP contribution in [0.5, 0.6) is 0 Å². The Kier molecular flexibility index (Phi) is 5.92. The van der Waals surface area contributed by atoms with Gasteiger partial charge in [-0.15, -0.1) is 0 Å². The Morgan fingerprint density at radius 3 is 2.19 bits per heavy atom. The molecule has 1 aliphatic rings. The molecule has 0 radical (unpaired) electrons. The summed E-state index contributed by atoms with van der Waals surface area (Å²) in [5.74, 6) is -1.11. The van der Waals surface area contributed by atoms with Crippen molar-refractivity contribution in [2.45, 2.75) is 37.7 Å². The van der Waals surface area contributed by atoms with Gasteiger partial charge in [-0.05, 0) is 51.5 Å². The van der Waals surface area contributed by atoms with Crippen LogP contribution in [-0.2, 0) is 14.8 Å². The first-order valence-corrected chi connectivity index (χ1v) is 9.76. The second kappa shape index (κ2) is 7.63. The maximum Gasteiger partial charge on any atom is 0.410 e. The molecule has 1 heterocycles. The number of hydrogen-bond donors (Lipinski definition) is 1. The van der Waals surface area contributed by atoms with Crippen molar-refractivity contribution in [3.8, 4) is 0 Å². The molecule has 0 aliphatic carbocycles. The van der Waals surface area contributed by atoms with E-state index in [4.69, 9.17) is 9.84 Å². The van der Waals surface area contributed by atoms with Crippen LogP contribution in [0, 0.1) is 0 Å². The number of rotatable bonds is 3. The molecule has 2 rings (SSSR count). The van der Waals surface area contributed by atoms with Crippen molar-refractivity contribution in [3.05, 3.63) is 29.8 Å². The lowest BCUT2D eigenvalue weighted by Gasteiger charge is -2.26. The van der Waals surface area contributed by atoms with E-state index in [9.17, 15) is 18.0 Å². The van der Waals surface area contributed by atoms with Gasteiger partial charge in [-0.25, -0.2) is 18.0 Å². The molecular formula is C17H24N2O6S. The van der Waals surface area contributed by atoms with Crippen LogP contribution in [0.3, 0.4) is 0 Å². The van der Waals surface area contributed by atoms with Crippen molar-refractivity contribution in [1.82, 2.24) is 9.21 Å². The number of benzene rings is 1. The molecular weight excluding hydrogens is 360 g/mol. The van der Waals surface area contributed by atoms with Gasteiger partial charge < -0.3 is 14.7 Å². The number of amides is 1. The minimum absolute atomic E-state index is 0.0240. The van der Waals surface area contributed by atoms with Gasteiger partial charge in [0.1, 0.15) is 5.60 Å². The summed E-state index contributed by atoms with van der Waals surface area (Å²) < 4.78 is 32.2. The van der Waals surface area contributed by atoms with Crippen LogP contribution in [0.25, 0.3) is 0 Å². The number of nitrogens with zero attached hydrogens (tertiary/aromatic N) is 2. The fraction of sp³-hybridized carbons (Fsp3) is 0.529. The van der Waals surface area contributed by atoms with Gasteiger partial charge >= 0.3 is 12.1 Å². The third-order valence-corrected chi connectivity index (χ3v) is 5.76. The lowest BCUT2D eigenvalue weighted by molar-refractivity contribution is 0.0260. The van der Waals surface area contributed by atoms with Gasteiger partial charge in [0.2, 0.25) is 10.0 Å². The number of hydrogen-bond acceptors (Lipinski definition) is 5. The SMILES string of the molecule is CC(C)(C)OC(=O)N1CCCN(S(=O)(=O)c2ccc(C(=O)O)cc2)CC1. The first kappa shape index (κ1) is 20.2. The Balaban J connectivity index is 2.09. The van der Waals surface area contributed by atoms with Gasteiger partial charge in [0, 0.05) is 26.2 Å². The van der Waals surface area contributed by atoms with E-state index in [1.807, 2.05) is 0 Å². The highest BCUT2D eigenvalue weighted by Gasteiger charge is 2.30. The number of ether oxygens (including phenoxy) is 1. The molecule has 1 aliphatic heterocycles. The molecule has 8 nitrogen and oxygen atoms in total. The number of carboxylic acid groups (broad SMARTS) is 1. The predicted octanol–water partition coefficient (Wildman–Crippen LogP) is 2.02. The smallest absolute Gasteiger partial charge is 0.410 e. The van der Waals surface area contributed by atoms with E-state index in [1.54, 1.807) is 20.8 Å². The molecule has 0 aromatic heterocycles. The highest BCUT2D eigenvalue weighted by Crippen LogP contribution is 2.19. The molecule has 1 amide bonds. The van der Waals surface area contributed by atoms with Gasteiger partial charge in [0.25, 0.3) is 0 Å². The minimum atomic E-state index is -3.75. The Hall–Kier alpha value is -2.13. The molecule has 0 unspecified atom stereocenters. The summed E-state index contributed by atoms with van der Waals surface area (Å²) in [5.41, 5.74) is -0.586. The average molecular weight is 384 g/mol.